The number of pyridine rings is 1. The van der Waals surface area contributed by atoms with Gasteiger partial charge in [-0.2, -0.15) is 5.10 Å². The standard InChI is InChI=1S/C32H41N7O5/c1-19(2)26(28(40)29-34-25(37-38-29)17-23-9-6-8-21(5)16-23)35-30(41)24-10-7-15-39(24)31(42)27(20(3)4)36-32(43)44-18-22-11-13-33-14-12-22/h6,8-9,11-14,16,19-20,24,26-27H,7,10,15,17-18H2,1-5H3,(H,35,41)(H,36,43)(H,34,37,38)/t24-,26-,27-/m0/s1. The number of hydrogen-bond donors (Lipinski definition) is 3. The molecular formula is C32H41N7O5. The highest BCUT2D eigenvalue weighted by Crippen LogP contribution is 2.22. The molecule has 12 heteroatoms. The Labute approximate surface area is 257 Å². The summed E-state index contributed by atoms with van der Waals surface area (Å²) >= 11 is 0. The fourth-order valence-corrected chi connectivity index (χ4v) is 5.22. The van der Waals surface area contributed by atoms with E-state index in [0.29, 0.717) is 31.6 Å². The van der Waals surface area contributed by atoms with Gasteiger partial charge in [-0.05, 0) is 54.9 Å². The van der Waals surface area contributed by atoms with E-state index in [0.717, 1.165) is 16.7 Å². The lowest BCUT2D eigenvalue weighted by Crippen LogP contribution is -2.57. The Hall–Kier alpha value is -4.61. The van der Waals surface area contributed by atoms with Crippen LogP contribution in [0.25, 0.3) is 0 Å². The number of aromatic nitrogens is 4. The maximum absolute atomic E-state index is 13.6. The number of H-pyrrole nitrogens is 1. The Morgan fingerprint density at radius 2 is 1.73 bits per heavy atom. The Morgan fingerprint density at radius 3 is 2.41 bits per heavy atom. The lowest BCUT2D eigenvalue weighted by molar-refractivity contribution is -0.141. The number of hydrogen-bond acceptors (Lipinski definition) is 8. The second-order valence-electron chi connectivity index (χ2n) is 11.9. The van der Waals surface area contributed by atoms with Gasteiger partial charge in [-0.25, -0.2) is 9.78 Å². The molecule has 3 N–H and O–H groups in total. The molecule has 3 aromatic rings. The van der Waals surface area contributed by atoms with Gasteiger partial charge in [0.2, 0.25) is 23.4 Å². The molecule has 44 heavy (non-hydrogen) atoms. The summed E-state index contributed by atoms with van der Waals surface area (Å²) in [5.74, 6) is -1.18. The number of alkyl carbamates (subject to hydrolysis) is 1. The first-order valence-electron chi connectivity index (χ1n) is 15.0. The van der Waals surface area contributed by atoms with Gasteiger partial charge in [-0.15, -0.1) is 0 Å². The normalized spacial score (nSPS) is 16.1. The van der Waals surface area contributed by atoms with E-state index in [-0.39, 0.29) is 30.2 Å². The number of nitrogens with one attached hydrogen (secondary N) is 3. The number of ketones is 1. The van der Waals surface area contributed by atoms with Gasteiger partial charge in [0.05, 0.1) is 6.04 Å². The van der Waals surface area contributed by atoms with Crippen molar-refractivity contribution >= 4 is 23.7 Å². The summed E-state index contributed by atoms with van der Waals surface area (Å²) in [7, 11) is 0. The topological polar surface area (TPSA) is 159 Å². The Bertz CT molecular complexity index is 1460. The molecule has 2 aromatic heterocycles. The molecular weight excluding hydrogens is 562 g/mol. The first-order valence-corrected chi connectivity index (χ1v) is 15.0. The number of aryl methyl sites for hydroxylation is 1. The lowest BCUT2D eigenvalue weighted by Gasteiger charge is -2.31. The SMILES string of the molecule is Cc1cccc(Cc2nc(C(=O)[C@@H](NC(=O)[C@@H]3CCCN3C(=O)[C@@H](NC(=O)OCc3ccncc3)C(C)C)C(C)C)n[nH]2)c1. The van der Waals surface area contributed by atoms with Gasteiger partial charge >= 0.3 is 6.09 Å². The van der Waals surface area contributed by atoms with Gasteiger partial charge in [-0.1, -0.05) is 57.5 Å². The van der Waals surface area contributed by atoms with E-state index in [2.05, 4.69) is 30.8 Å². The molecule has 0 spiro atoms. The monoisotopic (exact) mass is 603 g/mol. The van der Waals surface area contributed by atoms with Crippen LogP contribution in [-0.4, -0.2) is 73.4 Å². The van der Waals surface area contributed by atoms with Crippen molar-refractivity contribution in [3.05, 3.63) is 77.1 Å². The number of likely N-dealkylation sites (tertiary alicyclic amines) is 1. The van der Waals surface area contributed by atoms with Crippen molar-refractivity contribution in [2.75, 3.05) is 6.54 Å². The number of rotatable bonds is 12. The molecule has 3 atom stereocenters. The van der Waals surface area contributed by atoms with Crippen molar-refractivity contribution in [3.8, 4) is 0 Å². The average molecular weight is 604 g/mol. The summed E-state index contributed by atoms with van der Waals surface area (Å²) in [5, 5.41) is 12.5. The number of Topliss-reactive ketones (excluding diaryl/α,β-unsaturated/α-hetero) is 1. The quantitative estimate of drug-likeness (QED) is 0.266. The first kappa shape index (κ1) is 32.3. The molecule has 1 aromatic carbocycles. The summed E-state index contributed by atoms with van der Waals surface area (Å²) in [5.41, 5.74) is 2.92. The molecule has 3 heterocycles. The molecule has 234 valence electrons. The molecule has 0 saturated carbocycles. The van der Waals surface area contributed by atoms with Gasteiger partial charge in [-0.3, -0.25) is 24.5 Å². The summed E-state index contributed by atoms with van der Waals surface area (Å²) < 4.78 is 5.30. The first-order chi connectivity index (χ1) is 21.0. The largest absolute Gasteiger partial charge is 0.445 e. The van der Waals surface area contributed by atoms with Crippen LogP contribution in [-0.2, 0) is 27.4 Å². The van der Waals surface area contributed by atoms with Crippen LogP contribution in [0.3, 0.4) is 0 Å². The lowest BCUT2D eigenvalue weighted by atomic mass is 9.98. The van der Waals surface area contributed by atoms with Crippen LogP contribution in [0.5, 0.6) is 0 Å². The van der Waals surface area contributed by atoms with Crippen molar-refractivity contribution in [1.29, 1.82) is 0 Å². The third kappa shape index (κ3) is 8.27. The van der Waals surface area contributed by atoms with Crippen molar-refractivity contribution in [2.45, 2.75) is 78.6 Å². The molecule has 4 rings (SSSR count). The predicted molar refractivity (Wildman–Crippen MR) is 162 cm³/mol. The fraction of sp³-hybridized carbons (Fsp3) is 0.469. The van der Waals surface area contributed by atoms with Crippen LogP contribution >= 0.6 is 0 Å². The van der Waals surface area contributed by atoms with Crippen molar-refractivity contribution in [1.82, 2.24) is 35.7 Å². The number of carbonyl (C=O) groups is 4. The molecule has 0 unspecified atom stereocenters. The van der Waals surface area contributed by atoms with E-state index in [1.165, 1.54) is 4.90 Å². The van der Waals surface area contributed by atoms with Crippen molar-refractivity contribution in [2.24, 2.45) is 11.8 Å². The minimum absolute atomic E-state index is 0.000331. The van der Waals surface area contributed by atoms with E-state index in [1.807, 2.05) is 58.9 Å². The maximum atomic E-state index is 13.6. The smallest absolute Gasteiger partial charge is 0.408 e. The van der Waals surface area contributed by atoms with Crippen LogP contribution in [0.4, 0.5) is 4.79 Å². The number of aromatic amines is 1. The van der Waals surface area contributed by atoms with Crippen molar-refractivity contribution < 1.29 is 23.9 Å². The fourth-order valence-electron chi connectivity index (χ4n) is 5.22. The zero-order chi connectivity index (χ0) is 31.8. The average Bonchev–Trinajstić information content (AvgIpc) is 3.67. The van der Waals surface area contributed by atoms with E-state index in [9.17, 15) is 19.2 Å². The molecule has 1 saturated heterocycles. The van der Waals surface area contributed by atoms with Crippen LogP contribution < -0.4 is 10.6 Å². The molecule has 0 aliphatic carbocycles. The third-order valence-electron chi connectivity index (χ3n) is 7.62. The second kappa shape index (κ2) is 14.7. The highest BCUT2D eigenvalue weighted by molar-refractivity contribution is 6.00. The maximum Gasteiger partial charge on any atom is 0.408 e. The van der Waals surface area contributed by atoms with Gasteiger partial charge in [0.15, 0.2) is 0 Å². The minimum Gasteiger partial charge on any atom is -0.445 e. The molecule has 1 fully saturated rings. The highest BCUT2D eigenvalue weighted by atomic mass is 16.5. The van der Waals surface area contributed by atoms with Crippen LogP contribution in [0.1, 0.15) is 73.7 Å². The van der Waals surface area contributed by atoms with Gasteiger partial charge in [0.25, 0.3) is 0 Å². The van der Waals surface area contributed by atoms with Gasteiger partial charge < -0.3 is 20.3 Å². The van der Waals surface area contributed by atoms with E-state index in [1.54, 1.807) is 24.5 Å². The van der Waals surface area contributed by atoms with E-state index in [4.69, 9.17) is 4.74 Å². The molecule has 1 aliphatic heterocycles. The second-order valence-corrected chi connectivity index (χ2v) is 11.9. The van der Waals surface area contributed by atoms with E-state index < -0.39 is 35.9 Å². The van der Waals surface area contributed by atoms with Crippen LogP contribution in [0.15, 0.2) is 48.8 Å². The molecule has 12 nitrogen and oxygen atoms in total. The number of carbonyl (C=O) groups excluding carboxylic acids is 4. The predicted octanol–water partition coefficient (Wildman–Crippen LogP) is 3.36. The molecule has 0 bridgehead atoms. The zero-order valence-corrected chi connectivity index (χ0v) is 25.9. The Morgan fingerprint density at radius 1 is 1.00 bits per heavy atom. The summed E-state index contributed by atoms with van der Waals surface area (Å²) in [6.45, 7) is 9.69. The zero-order valence-electron chi connectivity index (χ0n) is 25.9. The van der Waals surface area contributed by atoms with E-state index >= 15 is 0 Å². The molecule has 3 amide bonds. The van der Waals surface area contributed by atoms with Crippen molar-refractivity contribution in [3.63, 3.8) is 0 Å². The summed E-state index contributed by atoms with van der Waals surface area (Å²) in [6.07, 6.45) is 4.01. The molecule has 1 aliphatic rings. The summed E-state index contributed by atoms with van der Waals surface area (Å²) in [6, 6.07) is 8.89. The third-order valence-corrected chi connectivity index (χ3v) is 7.62. The van der Waals surface area contributed by atoms with Crippen LogP contribution in [0, 0.1) is 18.8 Å². The number of nitrogens with zero attached hydrogens (tertiary/aromatic N) is 4. The summed E-state index contributed by atoms with van der Waals surface area (Å²) in [4.78, 5) is 63.0. The van der Waals surface area contributed by atoms with Gasteiger partial charge in [0.1, 0.15) is 24.5 Å². The minimum atomic E-state index is -0.893. The Kier molecular flexibility index (Phi) is 10.8. The Balaban J connectivity index is 1.39. The number of ether oxygens (including phenoxy) is 1. The number of benzene rings is 1. The number of amides is 3. The molecule has 0 radical (unpaired) electrons. The van der Waals surface area contributed by atoms with Gasteiger partial charge in [0, 0.05) is 25.4 Å². The highest BCUT2D eigenvalue weighted by Gasteiger charge is 2.40. The van der Waals surface area contributed by atoms with Crippen LogP contribution in [0.2, 0.25) is 0 Å².